The van der Waals surface area contributed by atoms with Crippen molar-refractivity contribution in [3.05, 3.63) is 21.9 Å². The molecule has 0 amide bonds. The highest BCUT2D eigenvalue weighted by Crippen LogP contribution is 2.38. The first-order valence-corrected chi connectivity index (χ1v) is 4.32. The molecule has 0 spiro atoms. The summed E-state index contributed by atoms with van der Waals surface area (Å²) in [5.41, 5.74) is 0.0748. The van der Waals surface area contributed by atoms with Crippen LogP contribution in [-0.2, 0) is 0 Å². The fourth-order valence-corrected chi connectivity index (χ4v) is 1.37. The Balaban J connectivity index is 3.41. The molecule has 0 radical (unpaired) electrons. The van der Waals surface area contributed by atoms with Gasteiger partial charge in [-0.1, -0.05) is 0 Å². The monoisotopic (exact) mass is 250 g/mol. The molecular weight excluding hydrogens is 243 g/mol. The molecule has 1 aromatic carbocycles. The van der Waals surface area contributed by atoms with Gasteiger partial charge in [-0.2, -0.15) is 0 Å². The lowest BCUT2D eigenvalue weighted by molar-refractivity contribution is 0.193. The number of benzene rings is 1. The lowest BCUT2D eigenvalue weighted by atomic mass is 10.1. The van der Waals surface area contributed by atoms with Crippen LogP contribution < -0.4 is 0 Å². The van der Waals surface area contributed by atoms with Gasteiger partial charge in [-0.15, -0.1) is 0 Å². The van der Waals surface area contributed by atoms with E-state index in [9.17, 15) is 9.50 Å². The van der Waals surface area contributed by atoms with Crippen molar-refractivity contribution >= 4 is 15.9 Å². The minimum atomic E-state index is -0.970. The van der Waals surface area contributed by atoms with Crippen molar-refractivity contribution in [3.8, 4) is 11.5 Å². The zero-order valence-electron chi connectivity index (χ0n) is 6.75. The molecule has 13 heavy (non-hydrogen) atoms. The van der Waals surface area contributed by atoms with Crippen LogP contribution in [0, 0.1) is 5.82 Å². The third-order valence-corrected chi connectivity index (χ3v) is 2.22. The normalized spacial score (nSPS) is 12.9. The van der Waals surface area contributed by atoms with Gasteiger partial charge in [-0.25, -0.2) is 4.39 Å². The summed E-state index contributed by atoms with van der Waals surface area (Å²) in [6, 6.07) is 1.22. The summed E-state index contributed by atoms with van der Waals surface area (Å²) in [6.07, 6.45) is -0.970. The molecule has 72 valence electrons. The molecule has 5 heteroatoms. The second-order valence-corrected chi connectivity index (χ2v) is 3.49. The van der Waals surface area contributed by atoms with E-state index in [1.165, 1.54) is 13.0 Å². The van der Waals surface area contributed by atoms with Gasteiger partial charge in [-0.05, 0) is 28.9 Å². The number of rotatable bonds is 1. The van der Waals surface area contributed by atoms with Crippen molar-refractivity contribution in [2.75, 3.05) is 0 Å². The Morgan fingerprint density at radius 2 is 1.92 bits per heavy atom. The molecule has 0 fully saturated rings. The van der Waals surface area contributed by atoms with E-state index in [4.69, 9.17) is 10.2 Å². The van der Waals surface area contributed by atoms with Gasteiger partial charge in [0.05, 0.1) is 10.6 Å². The zero-order valence-corrected chi connectivity index (χ0v) is 8.34. The average Bonchev–Trinajstić information content (AvgIpc) is 2.07. The number of aliphatic hydroxyl groups is 1. The second-order valence-electron chi connectivity index (χ2n) is 2.63. The van der Waals surface area contributed by atoms with Crippen LogP contribution in [-0.4, -0.2) is 15.3 Å². The molecule has 3 N–H and O–H groups in total. The van der Waals surface area contributed by atoms with E-state index < -0.39 is 23.4 Å². The van der Waals surface area contributed by atoms with Crippen LogP contribution in [0.4, 0.5) is 4.39 Å². The molecule has 0 aliphatic rings. The van der Waals surface area contributed by atoms with Crippen LogP contribution in [0.15, 0.2) is 10.5 Å². The summed E-state index contributed by atoms with van der Waals surface area (Å²) in [6.45, 7) is 1.40. The number of phenolic OH excluding ortho intramolecular Hbond substituents is 2. The Kier molecular flexibility index (Phi) is 2.77. The minimum absolute atomic E-state index is 0.00120. The quantitative estimate of drug-likeness (QED) is 0.669. The summed E-state index contributed by atoms with van der Waals surface area (Å²) >= 11 is 2.84. The van der Waals surface area contributed by atoms with Gasteiger partial charge in [-0.3, -0.25) is 0 Å². The number of hydrogen-bond donors (Lipinski definition) is 3. The van der Waals surface area contributed by atoms with Gasteiger partial charge in [0.2, 0.25) is 0 Å². The van der Waals surface area contributed by atoms with Crippen molar-refractivity contribution in [3.63, 3.8) is 0 Å². The van der Waals surface area contributed by atoms with Crippen LogP contribution in [0.3, 0.4) is 0 Å². The van der Waals surface area contributed by atoms with Crippen molar-refractivity contribution < 1.29 is 19.7 Å². The fraction of sp³-hybridized carbons (Fsp3) is 0.250. The molecule has 0 saturated heterocycles. The Bertz CT molecular complexity index is 339. The van der Waals surface area contributed by atoms with Crippen molar-refractivity contribution in [2.24, 2.45) is 0 Å². The molecule has 1 aromatic rings. The molecule has 0 bridgehead atoms. The third-order valence-electron chi connectivity index (χ3n) is 1.65. The summed E-state index contributed by atoms with van der Waals surface area (Å²) < 4.78 is 12.9. The predicted octanol–water partition coefficient (Wildman–Crippen LogP) is 2.05. The van der Waals surface area contributed by atoms with Crippen molar-refractivity contribution in [1.82, 2.24) is 0 Å². The Morgan fingerprint density at radius 1 is 1.38 bits per heavy atom. The van der Waals surface area contributed by atoms with Gasteiger partial charge in [0.15, 0.2) is 17.3 Å². The van der Waals surface area contributed by atoms with Gasteiger partial charge in [0, 0.05) is 5.56 Å². The molecule has 0 aliphatic carbocycles. The van der Waals surface area contributed by atoms with E-state index in [0.29, 0.717) is 0 Å². The average molecular weight is 251 g/mol. The van der Waals surface area contributed by atoms with Crippen LogP contribution in [0.2, 0.25) is 0 Å². The van der Waals surface area contributed by atoms with E-state index in [1.807, 2.05) is 0 Å². The van der Waals surface area contributed by atoms with Crippen LogP contribution >= 0.6 is 15.9 Å². The molecule has 1 rings (SSSR count). The SMILES string of the molecule is CC(O)c1cc(Br)c(F)c(O)c1O. The van der Waals surface area contributed by atoms with Crippen LogP contribution in [0.5, 0.6) is 11.5 Å². The maximum absolute atomic E-state index is 12.9. The largest absolute Gasteiger partial charge is 0.504 e. The number of hydrogen-bond acceptors (Lipinski definition) is 3. The van der Waals surface area contributed by atoms with Gasteiger partial charge in [0.25, 0.3) is 0 Å². The maximum Gasteiger partial charge on any atom is 0.195 e. The van der Waals surface area contributed by atoms with Gasteiger partial charge in [0.1, 0.15) is 0 Å². The highest BCUT2D eigenvalue weighted by Gasteiger charge is 2.18. The van der Waals surface area contributed by atoms with Gasteiger partial charge >= 0.3 is 0 Å². The lowest BCUT2D eigenvalue weighted by Gasteiger charge is -2.10. The van der Waals surface area contributed by atoms with Crippen molar-refractivity contribution in [1.29, 1.82) is 0 Å². The standard InChI is InChI=1S/C8H8BrFO3/c1-3(11)4-2-5(9)6(10)8(13)7(4)12/h2-3,11-13H,1H3. The van der Waals surface area contributed by atoms with Gasteiger partial charge < -0.3 is 15.3 Å². The maximum atomic E-state index is 12.9. The van der Waals surface area contributed by atoms with Crippen LogP contribution in [0.25, 0.3) is 0 Å². The molecule has 0 aliphatic heterocycles. The third kappa shape index (κ3) is 1.76. The predicted molar refractivity (Wildman–Crippen MR) is 48.1 cm³/mol. The number of aliphatic hydroxyl groups excluding tert-OH is 1. The van der Waals surface area contributed by atoms with Crippen LogP contribution in [0.1, 0.15) is 18.6 Å². The Labute approximate surface area is 82.6 Å². The highest BCUT2D eigenvalue weighted by molar-refractivity contribution is 9.10. The molecule has 3 nitrogen and oxygen atoms in total. The molecule has 0 heterocycles. The molecule has 1 atom stereocenters. The zero-order chi connectivity index (χ0) is 10.2. The summed E-state index contributed by atoms with van der Waals surface area (Å²) in [5.74, 6) is -2.43. The minimum Gasteiger partial charge on any atom is -0.504 e. The highest BCUT2D eigenvalue weighted by atomic mass is 79.9. The smallest absolute Gasteiger partial charge is 0.195 e. The van der Waals surface area contributed by atoms with E-state index in [2.05, 4.69) is 15.9 Å². The number of halogens is 2. The number of phenols is 2. The molecule has 0 aromatic heterocycles. The summed E-state index contributed by atoms with van der Waals surface area (Å²) in [5, 5.41) is 27.4. The Hall–Kier alpha value is -0.810. The molecular formula is C8H8BrFO3. The first-order valence-electron chi connectivity index (χ1n) is 3.53. The Morgan fingerprint density at radius 3 is 2.38 bits per heavy atom. The summed E-state index contributed by atoms with van der Waals surface area (Å²) in [4.78, 5) is 0. The second kappa shape index (κ2) is 3.51. The molecule has 1 unspecified atom stereocenters. The van der Waals surface area contributed by atoms with Crippen molar-refractivity contribution in [2.45, 2.75) is 13.0 Å². The lowest BCUT2D eigenvalue weighted by Crippen LogP contribution is -1.94. The first-order chi connectivity index (χ1) is 5.95. The van der Waals surface area contributed by atoms with E-state index in [-0.39, 0.29) is 10.0 Å². The van der Waals surface area contributed by atoms with E-state index in [0.717, 1.165) is 0 Å². The van der Waals surface area contributed by atoms with E-state index in [1.54, 1.807) is 0 Å². The van der Waals surface area contributed by atoms with E-state index >= 15 is 0 Å². The fourth-order valence-electron chi connectivity index (χ4n) is 0.940. The molecule has 0 saturated carbocycles. The number of aromatic hydroxyl groups is 2. The first kappa shape index (κ1) is 10.3. The summed E-state index contributed by atoms with van der Waals surface area (Å²) in [7, 11) is 0. The topological polar surface area (TPSA) is 60.7 Å².